The maximum Gasteiger partial charge on any atom is -0.00167 e. The van der Waals surface area contributed by atoms with E-state index in [9.17, 15) is 0 Å². The van der Waals surface area contributed by atoms with Gasteiger partial charge in [0.2, 0.25) is 0 Å². The Labute approximate surface area is 58.0 Å². The molecule has 0 rings (SSSR count). The second kappa shape index (κ2) is 3.65. The van der Waals surface area contributed by atoms with Gasteiger partial charge in [0.1, 0.15) is 0 Å². The first-order chi connectivity index (χ1) is 4.09. The van der Waals surface area contributed by atoms with E-state index in [-0.39, 0.29) is 0 Å². The van der Waals surface area contributed by atoms with E-state index >= 15 is 0 Å². The van der Waals surface area contributed by atoms with Gasteiger partial charge in [-0.25, -0.2) is 0 Å². The second-order valence-corrected chi connectivity index (χ2v) is 3.13. The molecule has 0 aliphatic heterocycles. The molecule has 0 radical (unpaired) electrons. The van der Waals surface area contributed by atoms with E-state index in [1.807, 2.05) is 0 Å². The summed E-state index contributed by atoms with van der Waals surface area (Å²) in [6.07, 6.45) is 1.53. The normalized spacial score (nSPS) is 17.4. The number of hydrogen-bond acceptors (Lipinski definition) is 1. The average molecular weight is 127 g/mol. The van der Waals surface area contributed by atoms with Crippen molar-refractivity contribution in [2.45, 2.75) is 27.7 Å². The smallest absolute Gasteiger partial charge is 0.00167 e. The quantitative estimate of drug-likeness (QED) is 0.563. The zero-order chi connectivity index (χ0) is 7.44. The monoisotopic (exact) mass is 127 g/mol. The van der Waals surface area contributed by atoms with Crippen LogP contribution in [0.2, 0.25) is 0 Å². The van der Waals surface area contributed by atoms with Crippen molar-refractivity contribution in [3.63, 3.8) is 0 Å². The fourth-order valence-electron chi connectivity index (χ4n) is 0.759. The van der Waals surface area contributed by atoms with Gasteiger partial charge in [-0.3, -0.25) is 0 Å². The SMILES string of the molecule is CC(C)C(C)C(C)C=N. The molecule has 0 heterocycles. The van der Waals surface area contributed by atoms with Gasteiger partial charge in [-0.15, -0.1) is 0 Å². The average Bonchev–Trinajstić information content (AvgIpc) is 1.84. The first-order valence-corrected chi connectivity index (χ1v) is 3.60. The number of nitrogens with one attached hydrogen (secondary N) is 1. The maximum absolute atomic E-state index is 7.01. The fourth-order valence-corrected chi connectivity index (χ4v) is 0.759. The Bertz CT molecular complexity index is 86.6. The zero-order valence-electron chi connectivity index (χ0n) is 6.81. The molecule has 0 aromatic heterocycles. The minimum absolute atomic E-state index is 0.435. The molecule has 0 aromatic rings. The Kier molecular flexibility index (Phi) is 3.52. The Hall–Kier alpha value is -0.330. The predicted molar refractivity (Wildman–Crippen MR) is 41.9 cm³/mol. The summed E-state index contributed by atoms with van der Waals surface area (Å²) in [6, 6.07) is 0. The maximum atomic E-state index is 7.01. The van der Waals surface area contributed by atoms with Gasteiger partial charge in [-0.2, -0.15) is 0 Å². The highest BCUT2D eigenvalue weighted by atomic mass is 14.4. The first-order valence-electron chi connectivity index (χ1n) is 3.60. The second-order valence-electron chi connectivity index (χ2n) is 3.13. The van der Waals surface area contributed by atoms with Gasteiger partial charge < -0.3 is 5.41 Å². The molecule has 0 bridgehead atoms. The van der Waals surface area contributed by atoms with Crippen molar-refractivity contribution in [1.29, 1.82) is 5.41 Å². The fraction of sp³-hybridized carbons (Fsp3) is 0.875. The van der Waals surface area contributed by atoms with E-state index in [1.54, 1.807) is 0 Å². The minimum Gasteiger partial charge on any atom is -0.313 e. The van der Waals surface area contributed by atoms with Gasteiger partial charge in [0.15, 0.2) is 0 Å². The molecular formula is C8H17N. The lowest BCUT2D eigenvalue weighted by Crippen LogP contribution is -2.14. The highest BCUT2D eigenvalue weighted by molar-refractivity contribution is 5.56. The van der Waals surface area contributed by atoms with Crippen LogP contribution >= 0.6 is 0 Å². The van der Waals surface area contributed by atoms with Crippen LogP contribution in [0.4, 0.5) is 0 Å². The molecule has 54 valence electrons. The highest BCUT2D eigenvalue weighted by Gasteiger charge is 2.12. The molecule has 1 heteroatoms. The van der Waals surface area contributed by atoms with Crippen LogP contribution in [0.1, 0.15) is 27.7 Å². The molecule has 0 aliphatic carbocycles. The minimum atomic E-state index is 0.435. The molecular weight excluding hydrogens is 110 g/mol. The van der Waals surface area contributed by atoms with E-state index < -0.39 is 0 Å². The molecule has 1 nitrogen and oxygen atoms in total. The van der Waals surface area contributed by atoms with E-state index in [0.29, 0.717) is 17.8 Å². The van der Waals surface area contributed by atoms with Crippen molar-refractivity contribution < 1.29 is 0 Å². The third kappa shape index (κ3) is 2.64. The van der Waals surface area contributed by atoms with Crippen molar-refractivity contribution in [2.75, 3.05) is 0 Å². The third-order valence-electron chi connectivity index (χ3n) is 2.14. The first kappa shape index (κ1) is 8.67. The molecule has 9 heavy (non-hydrogen) atoms. The topological polar surface area (TPSA) is 23.9 Å². The summed E-state index contributed by atoms with van der Waals surface area (Å²) in [5, 5.41) is 7.01. The van der Waals surface area contributed by atoms with Crippen molar-refractivity contribution in [3.05, 3.63) is 0 Å². The lowest BCUT2D eigenvalue weighted by molar-refractivity contribution is 0.361. The molecule has 0 saturated carbocycles. The van der Waals surface area contributed by atoms with Crippen LogP contribution in [-0.2, 0) is 0 Å². The summed E-state index contributed by atoms with van der Waals surface area (Å²) in [5.41, 5.74) is 0. The summed E-state index contributed by atoms with van der Waals surface area (Å²) in [5.74, 6) is 1.77. The van der Waals surface area contributed by atoms with Gasteiger partial charge >= 0.3 is 0 Å². The van der Waals surface area contributed by atoms with Gasteiger partial charge in [0.25, 0.3) is 0 Å². The summed E-state index contributed by atoms with van der Waals surface area (Å²) < 4.78 is 0. The Morgan fingerprint density at radius 3 is 1.67 bits per heavy atom. The van der Waals surface area contributed by atoms with Crippen LogP contribution in [0, 0.1) is 23.2 Å². The van der Waals surface area contributed by atoms with Gasteiger partial charge in [0.05, 0.1) is 0 Å². The molecule has 0 spiro atoms. The van der Waals surface area contributed by atoms with Crippen molar-refractivity contribution in [3.8, 4) is 0 Å². The molecule has 0 fully saturated rings. The molecule has 0 aromatic carbocycles. The molecule has 0 aliphatic rings. The van der Waals surface area contributed by atoms with E-state index in [1.165, 1.54) is 6.21 Å². The van der Waals surface area contributed by atoms with Crippen molar-refractivity contribution in [2.24, 2.45) is 17.8 Å². The van der Waals surface area contributed by atoms with E-state index in [2.05, 4.69) is 27.7 Å². The molecule has 0 saturated heterocycles. The van der Waals surface area contributed by atoms with Crippen molar-refractivity contribution >= 4 is 6.21 Å². The lowest BCUT2D eigenvalue weighted by atomic mass is 9.87. The molecule has 2 unspecified atom stereocenters. The van der Waals surface area contributed by atoms with Crippen LogP contribution in [0.25, 0.3) is 0 Å². The van der Waals surface area contributed by atoms with Gasteiger partial charge in [0, 0.05) is 0 Å². The van der Waals surface area contributed by atoms with Crippen LogP contribution in [0.3, 0.4) is 0 Å². The third-order valence-corrected chi connectivity index (χ3v) is 2.14. The number of rotatable bonds is 3. The molecule has 1 N–H and O–H groups in total. The van der Waals surface area contributed by atoms with Gasteiger partial charge in [-0.1, -0.05) is 27.7 Å². The Balaban J connectivity index is 3.71. The Morgan fingerprint density at radius 1 is 1.11 bits per heavy atom. The van der Waals surface area contributed by atoms with Crippen LogP contribution in [0.5, 0.6) is 0 Å². The highest BCUT2D eigenvalue weighted by Crippen LogP contribution is 2.17. The summed E-state index contributed by atoms with van der Waals surface area (Å²) >= 11 is 0. The number of hydrogen-bond donors (Lipinski definition) is 1. The standard InChI is InChI=1S/C8H17N/c1-6(2)8(4)7(3)5-9/h5-9H,1-4H3. The van der Waals surface area contributed by atoms with Crippen LogP contribution in [0.15, 0.2) is 0 Å². The van der Waals surface area contributed by atoms with Gasteiger partial charge in [-0.05, 0) is 24.0 Å². The predicted octanol–water partition coefficient (Wildman–Crippen LogP) is 2.56. The van der Waals surface area contributed by atoms with Crippen molar-refractivity contribution in [1.82, 2.24) is 0 Å². The van der Waals surface area contributed by atoms with E-state index in [0.717, 1.165) is 0 Å². The molecule has 0 amide bonds. The zero-order valence-corrected chi connectivity index (χ0v) is 6.81. The Morgan fingerprint density at radius 2 is 1.56 bits per heavy atom. The lowest BCUT2D eigenvalue weighted by Gasteiger charge is -2.18. The summed E-state index contributed by atoms with van der Waals surface area (Å²) in [6.45, 7) is 8.69. The molecule has 2 atom stereocenters. The van der Waals surface area contributed by atoms with Crippen LogP contribution < -0.4 is 0 Å². The van der Waals surface area contributed by atoms with Crippen LogP contribution in [-0.4, -0.2) is 6.21 Å². The summed E-state index contributed by atoms with van der Waals surface area (Å²) in [7, 11) is 0. The van der Waals surface area contributed by atoms with E-state index in [4.69, 9.17) is 5.41 Å². The summed E-state index contributed by atoms with van der Waals surface area (Å²) in [4.78, 5) is 0. The largest absolute Gasteiger partial charge is 0.313 e.